The Kier molecular flexibility index (Phi) is 35.5. The van der Waals surface area contributed by atoms with Gasteiger partial charge in [-0.3, -0.25) is 14.1 Å². The summed E-state index contributed by atoms with van der Waals surface area (Å²) in [5.74, 6) is -1.01. The highest BCUT2D eigenvalue weighted by molar-refractivity contribution is 7.46. The predicted molar refractivity (Wildman–Crippen MR) is 217 cm³/mol. The van der Waals surface area contributed by atoms with Crippen LogP contribution >= 0.6 is 7.82 Å². The van der Waals surface area contributed by atoms with E-state index in [0.717, 1.165) is 77.0 Å². The molecule has 0 fully saturated rings. The van der Waals surface area contributed by atoms with Gasteiger partial charge < -0.3 is 24.4 Å². The van der Waals surface area contributed by atoms with Crippen LogP contribution in [0.1, 0.15) is 149 Å². The third-order valence-electron chi connectivity index (χ3n) is 8.00. The molecule has 302 valence electrons. The summed E-state index contributed by atoms with van der Waals surface area (Å²) >= 11 is 0. The largest absolute Gasteiger partial charge is 0.469 e. The summed E-state index contributed by atoms with van der Waals surface area (Å²) < 4.78 is 26.3. The van der Waals surface area contributed by atoms with Crippen molar-refractivity contribution >= 4 is 19.8 Å². The van der Waals surface area contributed by atoms with Crippen LogP contribution in [0.15, 0.2) is 85.1 Å². The molecule has 0 saturated carbocycles. The standard InChI is InChI=1S/C43H71O9P/c1-3-5-7-9-11-12-13-14-15-16-17-18-19-20-21-22-24-28-32-36-42(45)50-38-41(39-51-53(47,48)49)52-43(46)37-33-29-25-27-31-35-40(44)34-30-26-23-10-8-6-4-2/h6,8,11-12,14-15,17-18,20-21,23,26,30,34,40-41,44H,3-5,7,9-10,13,16,19,22,24-25,27-29,31-33,35-39H2,1-2H3,(H2,47,48,49)/b8-6+,12-11-,15-14-,18-17-,21-20-,26-23+,34-30+/t40?,41-/m1/s1. The monoisotopic (exact) mass is 762 g/mol. The fourth-order valence-electron chi connectivity index (χ4n) is 5.01. The number of aliphatic hydroxyl groups is 1. The first-order chi connectivity index (χ1) is 25.7. The molecular weight excluding hydrogens is 691 g/mol. The van der Waals surface area contributed by atoms with E-state index in [1.807, 2.05) is 18.2 Å². The minimum atomic E-state index is -4.79. The molecule has 2 atom stereocenters. The van der Waals surface area contributed by atoms with Gasteiger partial charge in [-0.2, -0.15) is 0 Å². The van der Waals surface area contributed by atoms with Gasteiger partial charge >= 0.3 is 19.8 Å². The summed E-state index contributed by atoms with van der Waals surface area (Å²) in [4.78, 5) is 42.8. The molecule has 0 saturated heterocycles. The minimum Gasteiger partial charge on any atom is -0.462 e. The van der Waals surface area contributed by atoms with Gasteiger partial charge in [0, 0.05) is 12.8 Å². The van der Waals surface area contributed by atoms with Crippen LogP contribution in [0.3, 0.4) is 0 Å². The maximum absolute atomic E-state index is 12.4. The molecule has 0 aliphatic heterocycles. The molecule has 0 aliphatic carbocycles. The van der Waals surface area contributed by atoms with Crippen LogP contribution < -0.4 is 0 Å². The van der Waals surface area contributed by atoms with E-state index >= 15 is 0 Å². The zero-order chi connectivity index (χ0) is 39.1. The maximum Gasteiger partial charge on any atom is 0.469 e. The van der Waals surface area contributed by atoms with E-state index in [-0.39, 0.29) is 19.4 Å². The molecule has 0 aliphatic rings. The van der Waals surface area contributed by atoms with Crippen molar-refractivity contribution < 1.29 is 43.0 Å². The SMILES string of the molecule is CC/C=C/C/C=C/C=C/C(O)CCCCCCCC(=O)O[C@H](COC(=O)CCCCC/C=C\C/C=C\C/C=C\C/C=C\CCCCC)COP(=O)(O)O. The molecule has 0 rings (SSSR count). The van der Waals surface area contributed by atoms with E-state index < -0.39 is 38.6 Å². The fraction of sp³-hybridized carbons (Fsp3) is 0.628. The van der Waals surface area contributed by atoms with E-state index in [0.29, 0.717) is 19.3 Å². The number of unbranched alkanes of at least 4 members (excludes halogenated alkanes) is 10. The number of phosphoric acid groups is 1. The average Bonchev–Trinajstić information content (AvgIpc) is 3.12. The Hall–Kier alpha value is -2.81. The molecule has 9 nitrogen and oxygen atoms in total. The van der Waals surface area contributed by atoms with Gasteiger partial charge in [-0.1, -0.05) is 144 Å². The van der Waals surface area contributed by atoms with Crippen LogP contribution in [0.5, 0.6) is 0 Å². The van der Waals surface area contributed by atoms with Gasteiger partial charge in [0.05, 0.1) is 12.7 Å². The lowest BCUT2D eigenvalue weighted by Crippen LogP contribution is -2.29. The molecule has 0 aromatic heterocycles. The lowest BCUT2D eigenvalue weighted by Gasteiger charge is -2.18. The van der Waals surface area contributed by atoms with Crippen LogP contribution in [0.25, 0.3) is 0 Å². The van der Waals surface area contributed by atoms with E-state index in [2.05, 4.69) is 79.1 Å². The minimum absolute atomic E-state index is 0.130. The molecular formula is C43H71O9P. The third-order valence-corrected chi connectivity index (χ3v) is 8.49. The molecule has 0 amide bonds. The molecule has 0 aromatic carbocycles. The van der Waals surface area contributed by atoms with Gasteiger partial charge in [0.25, 0.3) is 0 Å². The Morgan fingerprint density at radius 3 is 1.75 bits per heavy atom. The van der Waals surface area contributed by atoms with Crippen LogP contribution in [0, 0.1) is 0 Å². The average molecular weight is 763 g/mol. The second-order valence-corrected chi connectivity index (χ2v) is 14.3. The quantitative estimate of drug-likeness (QED) is 0.0189. The molecule has 3 N–H and O–H groups in total. The normalized spacial score (nSPS) is 14.0. The Morgan fingerprint density at radius 1 is 0.604 bits per heavy atom. The lowest BCUT2D eigenvalue weighted by molar-refractivity contribution is -0.161. The van der Waals surface area contributed by atoms with Crippen molar-refractivity contribution in [2.24, 2.45) is 0 Å². The van der Waals surface area contributed by atoms with Crippen molar-refractivity contribution in [3.8, 4) is 0 Å². The number of hydrogen-bond acceptors (Lipinski definition) is 7. The second-order valence-electron chi connectivity index (χ2n) is 13.1. The zero-order valence-corrected chi connectivity index (χ0v) is 33.6. The van der Waals surface area contributed by atoms with E-state index in [9.17, 15) is 19.3 Å². The number of esters is 2. The number of rotatable bonds is 35. The molecule has 0 bridgehead atoms. The molecule has 0 heterocycles. The van der Waals surface area contributed by atoms with Crippen molar-refractivity contribution in [1.82, 2.24) is 0 Å². The van der Waals surface area contributed by atoms with Crippen LogP contribution in [-0.2, 0) is 28.2 Å². The number of carbonyl (C=O) groups is 2. The number of hydrogen-bond donors (Lipinski definition) is 3. The zero-order valence-electron chi connectivity index (χ0n) is 32.7. The van der Waals surface area contributed by atoms with Gasteiger partial charge in [0.15, 0.2) is 6.10 Å². The third kappa shape index (κ3) is 40.2. The summed E-state index contributed by atoms with van der Waals surface area (Å²) in [5, 5.41) is 10.1. The lowest BCUT2D eigenvalue weighted by atomic mass is 10.1. The molecule has 53 heavy (non-hydrogen) atoms. The number of aliphatic hydroxyl groups excluding tert-OH is 1. The summed E-state index contributed by atoms with van der Waals surface area (Å²) in [6.45, 7) is 3.40. The Labute approximate surface area is 321 Å². The van der Waals surface area contributed by atoms with Gasteiger partial charge in [0.2, 0.25) is 0 Å². The first kappa shape index (κ1) is 50.2. The van der Waals surface area contributed by atoms with Crippen molar-refractivity contribution in [3.63, 3.8) is 0 Å². The summed E-state index contributed by atoms with van der Waals surface area (Å²) in [5.41, 5.74) is 0. The number of allylic oxidation sites excluding steroid dienone is 13. The van der Waals surface area contributed by atoms with Gasteiger partial charge in [0.1, 0.15) is 6.61 Å². The molecule has 0 spiro atoms. The molecule has 10 heteroatoms. The van der Waals surface area contributed by atoms with Crippen LogP contribution in [0.2, 0.25) is 0 Å². The second kappa shape index (κ2) is 37.5. The summed E-state index contributed by atoms with van der Waals surface area (Å²) in [7, 11) is -4.79. The smallest absolute Gasteiger partial charge is 0.462 e. The first-order valence-corrected chi connectivity index (χ1v) is 21.5. The maximum atomic E-state index is 12.4. The Morgan fingerprint density at radius 2 is 1.13 bits per heavy atom. The summed E-state index contributed by atoms with van der Waals surface area (Å²) in [6.07, 6.45) is 46.1. The Balaban J connectivity index is 4.12. The Bertz CT molecular complexity index is 1150. The highest BCUT2D eigenvalue weighted by atomic mass is 31.2. The van der Waals surface area contributed by atoms with Gasteiger partial charge in [-0.25, -0.2) is 4.57 Å². The fourth-order valence-corrected chi connectivity index (χ4v) is 5.37. The number of phosphoric ester groups is 1. The van der Waals surface area contributed by atoms with Crippen molar-refractivity contribution in [2.75, 3.05) is 13.2 Å². The van der Waals surface area contributed by atoms with Crippen LogP contribution in [-0.4, -0.2) is 52.3 Å². The van der Waals surface area contributed by atoms with E-state index in [1.54, 1.807) is 6.08 Å². The number of ether oxygens (including phenoxy) is 2. The van der Waals surface area contributed by atoms with Crippen molar-refractivity contribution in [1.29, 1.82) is 0 Å². The van der Waals surface area contributed by atoms with Gasteiger partial charge in [-0.05, 0) is 77.0 Å². The van der Waals surface area contributed by atoms with Crippen LogP contribution in [0.4, 0.5) is 0 Å². The van der Waals surface area contributed by atoms with Gasteiger partial charge in [-0.15, -0.1) is 0 Å². The predicted octanol–water partition coefficient (Wildman–Crippen LogP) is 11.0. The van der Waals surface area contributed by atoms with Crippen molar-refractivity contribution in [2.45, 2.75) is 161 Å². The molecule has 0 aromatic rings. The van der Waals surface area contributed by atoms with E-state index in [4.69, 9.17) is 19.3 Å². The van der Waals surface area contributed by atoms with Crippen molar-refractivity contribution in [3.05, 3.63) is 85.1 Å². The number of carbonyl (C=O) groups excluding carboxylic acids is 2. The first-order valence-electron chi connectivity index (χ1n) is 20.0. The topological polar surface area (TPSA) is 140 Å². The van der Waals surface area contributed by atoms with E-state index in [1.165, 1.54) is 25.7 Å². The highest BCUT2D eigenvalue weighted by Crippen LogP contribution is 2.36. The molecule has 1 unspecified atom stereocenters. The highest BCUT2D eigenvalue weighted by Gasteiger charge is 2.22. The molecule has 0 radical (unpaired) electrons. The summed E-state index contributed by atoms with van der Waals surface area (Å²) in [6, 6.07) is 0.